The second kappa shape index (κ2) is 3.60. The Labute approximate surface area is 83.4 Å². The second-order valence-electron chi connectivity index (χ2n) is 2.13. The number of nitriles is 1. The summed E-state index contributed by atoms with van der Waals surface area (Å²) >= 11 is 11.1. The number of halogens is 2. The molecule has 66 valence electrons. The van der Waals surface area contributed by atoms with Gasteiger partial charge in [0, 0.05) is 0 Å². The number of hydrogen-bond donors (Lipinski definition) is 0. The van der Waals surface area contributed by atoms with Gasteiger partial charge in [0.15, 0.2) is 0 Å². The fraction of sp³-hybridized carbons (Fsp3) is 0. The molecule has 0 bridgehead atoms. The molecule has 0 aliphatic carbocycles. The van der Waals surface area contributed by atoms with E-state index in [9.17, 15) is 10.1 Å². The Balaban J connectivity index is 3.50. The van der Waals surface area contributed by atoms with E-state index in [0.29, 0.717) is 0 Å². The molecule has 4 nitrogen and oxygen atoms in total. The third-order valence-electron chi connectivity index (χ3n) is 1.37. The SMILES string of the molecule is N#Cc1ccc(Cl)c([N+](=O)[O-])c1Cl. The molecule has 0 saturated carbocycles. The van der Waals surface area contributed by atoms with Crippen molar-refractivity contribution in [2.75, 3.05) is 0 Å². The highest BCUT2D eigenvalue weighted by atomic mass is 35.5. The van der Waals surface area contributed by atoms with Crippen LogP contribution in [0.3, 0.4) is 0 Å². The fourth-order valence-corrected chi connectivity index (χ4v) is 1.35. The average Bonchev–Trinajstić information content (AvgIpc) is 2.04. The number of nitro groups is 1. The number of hydrogen-bond acceptors (Lipinski definition) is 3. The molecule has 1 aromatic rings. The summed E-state index contributed by atoms with van der Waals surface area (Å²) in [7, 11) is 0. The third-order valence-corrected chi connectivity index (χ3v) is 2.06. The van der Waals surface area contributed by atoms with E-state index >= 15 is 0 Å². The zero-order chi connectivity index (χ0) is 10.0. The Morgan fingerprint density at radius 2 is 2.08 bits per heavy atom. The van der Waals surface area contributed by atoms with Gasteiger partial charge in [0.05, 0.1) is 10.5 Å². The molecule has 0 aliphatic rings. The molecule has 0 aliphatic heterocycles. The van der Waals surface area contributed by atoms with Crippen LogP contribution in [0.25, 0.3) is 0 Å². The molecule has 13 heavy (non-hydrogen) atoms. The molecule has 6 heteroatoms. The highest BCUT2D eigenvalue weighted by molar-refractivity contribution is 6.38. The van der Waals surface area contributed by atoms with E-state index in [0.717, 1.165) is 0 Å². The molecule has 0 aromatic heterocycles. The molecule has 0 radical (unpaired) electrons. The molecule has 0 amide bonds. The summed E-state index contributed by atoms with van der Waals surface area (Å²) in [4.78, 5) is 9.72. The van der Waals surface area contributed by atoms with Crippen LogP contribution in [-0.4, -0.2) is 4.92 Å². The van der Waals surface area contributed by atoms with Crippen molar-refractivity contribution in [2.24, 2.45) is 0 Å². The van der Waals surface area contributed by atoms with E-state index in [1.165, 1.54) is 12.1 Å². The molecule has 1 rings (SSSR count). The predicted octanol–water partition coefficient (Wildman–Crippen LogP) is 2.77. The zero-order valence-corrected chi connectivity index (χ0v) is 7.63. The topological polar surface area (TPSA) is 66.9 Å². The van der Waals surface area contributed by atoms with Crippen molar-refractivity contribution in [3.8, 4) is 6.07 Å². The van der Waals surface area contributed by atoms with Crippen molar-refractivity contribution in [3.05, 3.63) is 37.9 Å². The van der Waals surface area contributed by atoms with E-state index in [-0.39, 0.29) is 15.6 Å². The summed E-state index contributed by atoms with van der Waals surface area (Å²) < 4.78 is 0. The number of benzene rings is 1. The number of nitrogens with zero attached hydrogens (tertiary/aromatic N) is 2. The third kappa shape index (κ3) is 1.72. The lowest BCUT2D eigenvalue weighted by Gasteiger charge is -1.98. The first kappa shape index (κ1) is 9.78. The Morgan fingerprint density at radius 1 is 1.46 bits per heavy atom. The Morgan fingerprint density at radius 3 is 2.54 bits per heavy atom. The van der Waals surface area contributed by atoms with Crippen LogP contribution >= 0.6 is 23.2 Å². The van der Waals surface area contributed by atoms with Crippen molar-refractivity contribution < 1.29 is 4.92 Å². The molecule has 1 aromatic carbocycles. The zero-order valence-electron chi connectivity index (χ0n) is 6.12. The van der Waals surface area contributed by atoms with Gasteiger partial charge in [-0.25, -0.2) is 0 Å². The molecular weight excluding hydrogens is 215 g/mol. The van der Waals surface area contributed by atoms with Gasteiger partial charge in [0.25, 0.3) is 0 Å². The molecule has 0 N–H and O–H groups in total. The van der Waals surface area contributed by atoms with E-state index in [1.54, 1.807) is 6.07 Å². The highest BCUT2D eigenvalue weighted by Crippen LogP contribution is 2.34. The number of nitro benzene ring substituents is 1. The lowest BCUT2D eigenvalue weighted by Crippen LogP contribution is -1.92. The Bertz CT molecular complexity index is 412. The van der Waals surface area contributed by atoms with Crippen LogP contribution in [0.1, 0.15) is 5.56 Å². The fourth-order valence-electron chi connectivity index (χ4n) is 0.795. The van der Waals surface area contributed by atoms with E-state index in [4.69, 9.17) is 28.5 Å². The van der Waals surface area contributed by atoms with E-state index in [2.05, 4.69) is 0 Å². The largest absolute Gasteiger partial charge is 0.307 e. The smallest absolute Gasteiger partial charge is 0.258 e. The summed E-state index contributed by atoms with van der Waals surface area (Å²) in [6.07, 6.45) is 0. The average molecular weight is 217 g/mol. The standard InChI is InChI=1S/C7H2Cl2N2O2/c8-5-2-1-4(3-10)6(9)7(5)11(12)13/h1-2H. The van der Waals surface area contributed by atoms with Crippen LogP contribution in [0, 0.1) is 21.4 Å². The quantitative estimate of drug-likeness (QED) is 0.536. The van der Waals surface area contributed by atoms with Gasteiger partial charge in [-0.05, 0) is 12.1 Å². The first-order chi connectivity index (χ1) is 6.07. The minimum atomic E-state index is -0.717. The molecular formula is C7H2Cl2N2O2. The van der Waals surface area contributed by atoms with Gasteiger partial charge in [-0.2, -0.15) is 5.26 Å². The highest BCUT2D eigenvalue weighted by Gasteiger charge is 2.20. The minimum Gasteiger partial charge on any atom is -0.258 e. The van der Waals surface area contributed by atoms with E-state index < -0.39 is 10.6 Å². The minimum absolute atomic E-state index is 0.0396. The first-order valence-corrected chi connectivity index (χ1v) is 3.86. The van der Waals surface area contributed by atoms with Crippen molar-refractivity contribution in [1.82, 2.24) is 0 Å². The lowest BCUT2D eigenvalue weighted by molar-refractivity contribution is -0.384. The van der Waals surface area contributed by atoms with Crippen LogP contribution in [0.15, 0.2) is 12.1 Å². The maximum absolute atomic E-state index is 10.4. The van der Waals surface area contributed by atoms with Crippen molar-refractivity contribution in [1.29, 1.82) is 5.26 Å². The molecule has 0 fully saturated rings. The second-order valence-corrected chi connectivity index (χ2v) is 2.91. The van der Waals surface area contributed by atoms with Crippen LogP contribution in [0.5, 0.6) is 0 Å². The first-order valence-electron chi connectivity index (χ1n) is 3.10. The van der Waals surface area contributed by atoms with Crippen molar-refractivity contribution >= 4 is 28.9 Å². The molecule has 0 saturated heterocycles. The summed E-state index contributed by atoms with van der Waals surface area (Å²) in [6.45, 7) is 0. The molecule has 0 heterocycles. The summed E-state index contributed by atoms with van der Waals surface area (Å²) in [5, 5.41) is 18.7. The Hall–Kier alpha value is -1.31. The monoisotopic (exact) mass is 216 g/mol. The van der Waals surface area contributed by atoms with Crippen molar-refractivity contribution in [3.63, 3.8) is 0 Å². The molecule has 0 spiro atoms. The predicted molar refractivity (Wildman–Crippen MR) is 47.8 cm³/mol. The van der Waals surface area contributed by atoms with Gasteiger partial charge in [-0.3, -0.25) is 10.1 Å². The van der Waals surface area contributed by atoms with Crippen LogP contribution < -0.4 is 0 Å². The Kier molecular flexibility index (Phi) is 2.71. The van der Waals surface area contributed by atoms with Gasteiger partial charge in [0.1, 0.15) is 16.1 Å². The van der Waals surface area contributed by atoms with Gasteiger partial charge in [0.2, 0.25) is 0 Å². The summed E-state index contributed by atoms with van der Waals surface area (Å²) in [6, 6.07) is 4.32. The molecule has 0 atom stereocenters. The van der Waals surface area contributed by atoms with Gasteiger partial charge in [-0.15, -0.1) is 0 Å². The summed E-state index contributed by atoms with van der Waals surface area (Å²) in [5.74, 6) is 0. The number of rotatable bonds is 1. The molecule has 0 unspecified atom stereocenters. The lowest BCUT2D eigenvalue weighted by atomic mass is 10.2. The van der Waals surface area contributed by atoms with Gasteiger partial charge < -0.3 is 0 Å². The van der Waals surface area contributed by atoms with Gasteiger partial charge in [-0.1, -0.05) is 23.2 Å². The van der Waals surface area contributed by atoms with Crippen LogP contribution in [-0.2, 0) is 0 Å². The maximum atomic E-state index is 10.4. The van der Waals surface area contributed by atoms with Crippen molar-refractivity contribution in [2.45, 2.75) is 0 Å². The summed E-state index contributed by atoms with van der Waals surface area (Å²) in [5.41, 5.74) is -0.389. The van der Waals surface area contributed by atoms with Gasteiger partial charge >= 0.3 is 5.69 Å². The van der Waals surface area contributed by atoms with Crippen LogP contribution in [0.4, 0.5) is 5.69 Å². The van der Waals surface area contributed by atoms with Crippen LogP contribution in [0.2, 0.25) is 10.0 Å². The maximum Gasteiger partial charge on any atom is 0.307 e. The van der Waals surface area contributed by atoms with E-state index in [1.807, 2.05) is 0 Å². The normalized spacial score (nSPS) is 9.31.